The molecule has 1 saturated heterocycles. The highest BCUT2D eigenvalue weighted by atomic mass is 16.6. The number of piperazine rings is 1. The largest absolute Gasteiger partial charge is 0.351 e. The van der Waals surface area contributed by atoms with Crippen molar-refractivity contribution in [1.29, 1.82) is 0 Å². The predicted octanol–water partition coefficient (Wildman–Crippen LogP) is 2.27. The molecule has 1 aromatic heterocycles. The van der Waals surface area contributed by atoms with E-state index in [9.17, 15) is 10.1 Å². The SMILES string of the molecule is CCC1CN(c2ncc([N+](=O)[O-])cc2C)C(CC)CN1. The highest BCUT2D eigenvalue weighted by Crippen LogP contribution is 2.26. The minimum atomic E-state index is -0.395. The normalized spacial score (nSPS) is 22.9. The Morgan fingerprint density at radius 3 is 2.80 bits per heavy atom. The van der Waals surface area contributed by atoms with Crippen molar-refractivity contribution in [2.24, 2.45) is 0 Å². The van der Waals surface area contributed by atoms with Gasteiger partial charge in [-0.1, -0.05) is 13.8 Å². The Morgan fingerprint density at radius 2 is 2.25 bits per heavy atom. The van der Waals surface area contributed by atoms with Crippen LogP contribution in [0.3, 0.4) is 0 Å². The van der Waals surface area contributed by atoms with E-state index >= 15 is 0 Å². The molecule has 0 aromatic carbocycles. The van der Waals surface area contributed by atoms with E-state index in [4.69, 9.17) is 0 Å². The standard InChI is InChI=1S/C14H22N4O2/c1-4-11-9-17(12(5-2)7-15-11)14-10(3)6-13(8-16-14)18(19)20/h6,8,11-12,15H,4-5,7,9H2,1-3H3. The minimum absolute atomic E-state index is 0.0569. The van der Waals surface area contributed by atoms with E-state index in [0.29, 0.717) is 12.1 Å². The maximum atomic E-state index is 10.8. The van der Waals surface area contributed by atoms with E-state index in [2.05, 4.69) is 29.0 Å². The number of aromatic nitrogens is 1. The van der Waals surface area contributed by atoms with Gasteiger partial charge in [-0.25, -0.2) is 4.98 Å². The molecule has 20 heavy (non-hydrogen) atoms. The zero-order valence-electron chi connectivity index (χ0n) is 12.3. The molecule has 2 heterocycles. The number of hydrogen-bond donors (Lipinski definition) is 1. The van der Waals surface area contributed by atoms with Gasteiger partial charge in [-0.3, -0.25) is 10.1 Å². The van der Waals surface area contributed by atoms with Crippen molar-refractivity contribution in [3.05, 3.63) is 27.9 Å². The summed E-state index contributed by atoms with van der Waals surface area (Å²) in [5.74, 6) is 0.877. The third kappa shape index (κ3) is 2.90. The monoisotopic (exact) mass is 278 g/mol. The van der Waals surface area contributed by atoms with Crippen LogP contribution in [0.1, 0.15) is 32.3 Å². The lowest BCUT2D eigenvalue weighted by Crippen LogP contribution is -2.56. The molecule has 0 bridgehead atoms. The van der Waals surface area contributed by atoms with Gasteiger partial charge < -0.3 is 10.2 Å². The van der Waals surface area contributed by atoms with E-state index < -0.39 is 4.92 Å². The van der Waals surface area contributed by atoms with Crippen molar-refractivity contribution in [2.45, 2.75) is 45.7 Å². The van der Waals surface area contributed by atoms with Crippen molar-refractivity contribution in [2.75, 3.05) is 18.0 Å². The third-order valence-corrected chi connectivity index (χ3v) is 3.98. The van der Waals surface area contributed by atoms with Crippen LogP contribution in [0.15, 0.2) is 12.3 Å². The average molecular weight is 278 g/mol. The summed E-state index contributed by atoms with van der Waals surface area (Å²) in [4.78, 5) is 17.0. The van der Waals surface area contributed by atoms with Gasteiger partial charge in [-0.05, 0) is 25.3 Å². The van der Waals surface area contributed by atoms with Crippen molar-refractivity contribution >= 4 is 11.5 Å². The van der Waals surface area contributed by atoms with Crippen molar-refractivity contribution in [3.63, 3.8) is 0 Å². The quantitative estimate of drug-likeness (QED) is 0.675. The van der Waals surface area contributed by atoms with Gasteiger partial charge in [-0.15, -0.1) is 0 Å². The number of pyridine rings is 1. The zero-order valence-corrected chi connectivity index (χ0v) is 12.3. The molecule has 0 aliphatic carbocycles. The van der Waals surface area contributed by atoms with Crippen LogP contribution >= 0.6 is 0 Å². The summed E-state index contributed by atoms with van der Waals surface area (Å²) in [7, 11) is 0. The zero-order chi connectivity index (χ0) is 14.7. The molecular formula is C14H22N4O2. The maximum Gasteiger partial charge on any atom is 0.287 e. The molecule has 2 atom stereocenters. The van der Waals surface area contributed by atoms with Gasteiger partial charge in [0.15, 0.2) is 0 Å². The maximum absolute atomic E-state index is 10.8. The molecule has 110 valence electrons. The van der Waals surface area contributed by atoms with Crippen LogP contribution in [0.5, 0.6) is 0 Å². The second kappa shape index (κ2) is 6.17. The van der Waals surface area contributed by atoms with Crippen LogP contribution in [0.4, 0.5) is 11.5 Å². The topological polar surface area (TPSA) is 71.3 Å². The molecule has 1 fully saturated rings. The second-order valence-electron chi connectivity index (χ2n) is 5.32. The highest BCUT2D eigenvalue weighted by molar-refractivity contribution is 5.51. The molecule has 1 N–H and O–H groups in total. The smallest absolute Gasteiger partial charge is 0.287 e. The van der Waals surface area contributed by atoms with Crippen LogP contribution in [-0.2, 0) is 0 Å². The van der Waals surface area contributed by atoms with Crippen LogP contribution < -0.4 is 10.2 Å². The van der Waals surface area contributed by atoms with E-state index in [1.54, 1.807) is 6.07 Å². The van der Waals surface area contributed by atoms with Crippen LogP contribution in [0.2, 0.25) is 0 Å². The number of aryl methyl sites for hydroxylation is 1. The van der Waals surface area contributed by atoms with Crippen LogP contribution in [0.25, 0.3) is 0 Å². The lowest BCUT2D eigenvalue weighted by Gasteiger charge is -2.41. The van der Waals surface area contributed by atoms with E-state index in [-0.39, 0.29) is 5.69 Å². The van der Waals surface area contributed by atoms with Gasteiger partial charge in [0.2, 0.25) is 0 Å². The first-order chi connectivity index (χ1) is 9.56. The second-order valence-corrected chi connectivity index (χ2v) is 5.32. The number of nitrogens with zero attached hydrogens (tertiary/aromatic N) is 3. The Morgan fingerprint density at radius 1 is 1.50 bits per heavy atom. The van der Waals surface area contributed by atoms with Gasteiger partial charge in [0.25, 0.3) is 5.69 Å². The molecule has 2 rings (SSSR count). The molecule has 0 spiro atoms. The highest BCUT2D eigenvalue weighted by Gasteiger charge is 2.28. The molecule has 1 aromatic rings. The van der Waals surface area contributed by atoms with Crippen molar-refractivity contribution < 1.29 is 4.92 Å². The summed E-state index contributed by atoms with van der Waals surface area (Å²) in [6.07, 6.45) is 3.46. The molecule has 6 heteroatoms. The predicted molar refractivity (Wildman–Crippen MR) is 79.1 cm³/mol. The summed E-state index contributed by atoms with van der Waals surface area (Å²) in [6.45, 7) is 8.06. The third-order valence-electron chi connectivity index (χ3n) is 3.98. The van der Waals surface area contributed by atoms with Gasteiger partial charge in [-0.2, -0.15) is 0 Å². The van der Waals surface area contributed by atoms with Gasteiger partial charge >= 0.3 is 0 Å². The number of anilines is 1. The fourth-order valence-electron chi connectivity index (χ4n) is 2.71. The molecule has 2 unspecified atom stereocenters. The number of nitro groups is 1. The Labute approximate surface area is 119 Å². The summed E-state index contributed by atoms with van der Waals surface area (Å²) in [6, 6.07) is 2.46. The lowest BCUT2D eigenvalue weighted by molar-refractivity contribution is -0.385. The van der Waals surface area contributed by atoms with Gasteiger partial charge in [0.05, 0.1) is 4.92 Å². The van der Waals surface area contributed by atoms with E-state index in [1.165, 1.54) is 6.20 Å². The van der Waals surface area contributed by atoms with Gasteiger partial charge in [0.1, 0.15) is 12.0 Å². The van der Waals surface area contributed by atoms with Gasteiger partial charge in [0, 0.05) is 31.2 Å². The summed E-state index contributed by atoms with van der Waals surface area (Å²) in [5, 5.41) is 14.3. The summed E-state index contributed by atoms with van der Waals surface area (Å²) >= 11 is 0. The molecular weight excluding hydrogens is 256 g/mol. The first-order valence-corrected chi connectivity index (χ1v) is 7.17. The minimum Gasteiger partial charge on any atom is -0.351 e. The van der Waals surface area contributed by atoms with Crippen molar-refractivity contribution in [1.82, 2.24) is 10.3 Å². The summed E-state index contributed by atoms with van der Waals surface area (Å²) in [5.41, 5.74) is 0.927. The fraction of sp³-hybridized carbons (Fsp3) is 0.643. The van der Waals surface area contributed by atoms with Crippen LogP contribution in [-0.4, -0.2) is 35.1 Å². The van der Waals surface area contributed by atoms with E-state index in [1.807, 2.05) is 6.92 Å². The Hall–Kier alpha value is -1.69. The summed E-state index contributed by atoms with van der Waals surface area (Å²) < 4.78 is 0. The Bertz CT molecular complexity index is 492. The number of hydrogen-bond acceptors (Lipinski definition) is 5. The molecule has 0 radical (unpaired) electrons. The van der Waals surface area contributed by atoms with Crippen LogP contribution in [0, 0.1) is 17.0 Å². The van der Waals surface area contributed by atoms with Crippen molar-refractivity contribution in [3.8, 4) is 0 Å². The Balaban J connectivity index is 2.29. The molecule has 1 aliphatic heterocycles. The molecule has 0 amide bonds. The Kier molecular flexibility index (Phi) is 4.54. The molecule has 0 saturated carbocycles. The number of nitrogens with one attached hydrogen (secondary N) is 1. The average Bonchev–Trinajstić information content (AvgIpc) is 2.46. The first kappa shape index (κ1) is 14.7. The first-order valence-electron chi connectivity index (χ1n) is 7.17. The lowest BCUT2D eigenvalue weighted by atomic mass is 10.0. The number of rotatable bonds is 4. The fourth-order valence-corrected chi connectivity index (χ4v) is 2.71. The van der Waals surface area contributed by atoms with E-state index in [0.717, 1.165) is 37.3 Å². The molecule has 1 aliphatic rings. The molecule has 6 nitrogen and oxygen atoms in total.